The van der Waals surface area contributed by atoms with Crippen molar-refractivity contribution in [1.82, 2.24) is 0 Å². The van der Waals surface area contributed by atoms with Gasteiger partial charge < -0.3 is 9.47 Å². The van der Waals surface area contributed by atoms with Crippen molar-refractivity contribution < 1.29 is 23.9 Å². The number of benzene rings is 1. The first-order chi connectivity index (χ1) is 11.9. The normalized spacial score (nSPS) is 20.8. The second kappa shape index (κ2) is 8.10. The number of ether oxygens (including phenoxy) is 2. The Morgan fingerprint density at radius 1 is 1.28 bits per heavy atom. The lowest BCUT2D eigenvalue weighted by molar-refractivity contribution is -0.165. The van der Waals surface area contributed by atoms with Crippen LogP contribution in [0.15, 0.2) is 42.5 Å². The van der Waals surface area contributed by atoms with E-state index in [2.05, 4.69) is 6.58 Å². The van der Waals surface area contributed by atoms with Gasteiger partial charge in [-0.15, -0.1) is 0 Å². The molecule has 1 saturated carbocycles. The summed E-state index contributed by atoms with van der Waals surface area (Å²) in [5.74, 6) is -0.911. The van der Waals surface area contributed by atoms with Crippen molar-refractivity contribution in [2.45, 2.75) is 57.7 Å². The highest BCUT2D eigenvalue weighted by molar-refractivity contribution is 5.87. The summed E-state index contributed by atoms with van der Waals surface area (Å²) in [4.78, 5) is 35.9. The highest BCUT2D eigenvalue weighted by Crippen LogP contribution is 2.40. The summed E-state index contributed by atoms with van der Waals surface area (Å²) in [6.07, 6.45) is 0.935. The Kier molecular flexibility index (Phi) is 6.12. The summed E-state index contributed by atoms with van der Waals surface area (Å²) in [6, 6.07) is 9.32. The summed E-state index contributed by atoms with van der Waals surface area (Å²) in [7, 11) is 0. The average Bonchev–Trinajstić information content (AvgIpc) is 2.96. The van der Waals surface area contributed by atoms with E-state index >= 15 is 0 Å². The lowest BCUT2D eigenvalue weighted by atomic mass is 9.91. The molecule has 134 valence electrons. The molecule has 0 saturated heterocycles. The minimum Gasteiger partial charge on any atom is -0.458 e. The monoisotopic (exact) mass is 344 g/mol. The van der Waals surface area contributed by atoms with Crippen molar-refractivity contribution in [3.63, 3.8) is 0 Å². The van der Waals surface area contributed by atoms with Gasteiger partial charge in [0.1, 0.15) is 17.5 Å². The molecule has 0 spiro atoms. The minimum absolute atomic E-state index is 0.0434. The van der Waals surface area contributed by atoms with Crippen LogP contribution in [0.2, 0.25) is 0 Å². The molecule has 5 nitrogen and oxygen atoms in total. The second-order valence-corrected chi connectivity index (χ2v) is 6.47. The lowest BCUT2D eigenvalue weighted by Crippen LogP contribution is -2.32. The van der Waals surface area contributed by atoms with Crippen molar-refractivity contribution >= 4 is 17.7 Å². The molecule has 0 amide bonds. The minimum atomic E-state index is -0.911. The molecule has 0 bridgehead atoms. The Bertz CT molecular complexity index is 664. The van der Waals surface area contributed by atoms with Crippen LogP contribution >= 0.6 is 0 Å². The van der Waals surface area contributed by atoms with E-state index in [1.165, 1.54) is 0 Å². The van der Waals surface area contributed by atoms with Crippen molar-refractivity contribution in [2.24, 2.45) is 0 Å². The molecule has 2 atom stereocenters. The number of hydrogen-bond acceptors (Lipinski definition) is 5. The second-order valence-electron chi connectivity index (χ2n) is 6.47. The van der Waals surface area contributed by atoms with Gasteiger partial charge >= 0.3 is 11.9 Å². The molecule has 2 rings (SSSR count). The lowest BCUT2D eigenvalue weighted by Gasteiger charge is -2.29. The van der Waals surface area contributed by atoms with Crippen molar-refractivity contribution in [2.75, 3.05) is 0 Å². The van der Waals surface area contributed by atoms with Gasteiger partial charge in [-0.2, -0.15) is 0 Å². The summed E-state index contributed by atoms with van der Waals surface area (Å²) in [6.45, 7) is 6.92. The molecule has 0 aliphatic heterocycles. The molecule has 0 N–H and O–H groups in total. The summed E-state index contributed by atoms with van der Waals surface area (Å²) >= 11 is 0. The Balaban J connectivity index is 2.09. The number of ketones is 1. The predicted molar refractivity (Wildman–Crippen MR) is 92.7 cm³/mol. The Morgan fingerprint density at radius 2 is 1.96 bits per heavy atom. The number of Topliss-reactive ketones (excluding diaryl/α,β-unsaturated/α-hetero) is 1. The zero-order chi connectivity index (χ0) is 18.4. The number of hydrogen-bond donors (Lipinski definition) is 0. The number of carbonyl (C=O) groups excluding carboxylic acids is 3. The molecule has 0 aromatic heterocycles. The fraction of sp³-hybridized carbons (Fsp3) is 0.450. The largest absolute Gasteiger partial charge is 0.458 e. The summed E-state index contributed by atoms with van der Waals surface area (Å²) < 4.78 is 11.0. The third-order valence-corrected chi connectivity index (χ3v) is 4.37. The summed E-state index contributed by atoms with van der Waals surface area (Å²) in [5, 5.41) is 0. The molecular weight excluding hydrogens is 320 g/mol. The number of esters is 2. The predicted octanol–water partition coefficient (Wildman–Crippen LogP) is 3.47. The van der Waals surface area contributed by atoms with Crippen LogP contribution in [0, 0.1) is 0 Å². The maximum absolute atomic E-state index is 12.5. The Morgan fingerprint density at radius 3 is 2.48 bits per heavy atom. The van der Waals surface area contributed by atoms with Crippen LogP contribution in [0.1, 0.15) is 51.5 Å². The molecule has 2 unspecified atom stereocenters. The molecule has 25 heavy (non-hydrogen) atoms. The van der Waals surface area contributed by atoms with Gasteiger partial charge in [0.25, 0.3) is 0 Å². The zero-order valence-electron chi connectivity index (χ0n) is 14.7. The van der Waals surface area contributed by atoms with Crippen LogP contribution in [0.25, 0.3) is 0 Å². The van der Waals surface area contributed by atoms with Crippen molar-refractivity contribution in [3.8, 4) is 0 Å². The number of rotatable bonds is 7. The first-order valence-electron chi connectivity index (χ1n) is 8.52. The van der Waals surface area contributed by atoms with Crippen LogP contribution in [-0.4, -0.2) is 23.8 Å². The molecule has 5 heteroatoms. The van der Waals surface area contributed by atoms with Crippen LogP contribution in [-0.2, 0) is 29.5 Å². The number of carbonyl (C=O) groups is 3. The topological polar surface area (TPSA) is 69.7 Å². The third kappa shape index (κ3) is 4.78. The molecule has 1 aliphatic carbocycles. The van der Waals surface area contributed by atoms with E-state index in [0.29, 0.717) is 19.3 Å². The van der Waals surface area contributed by atoms with Crippen molar-refractivity contribution in [1.29, 1.82) is 0 Å². The van der Waals surface area contributed by atoms with Gasteiger partial charge in [0.2, 0.25) is 0 Å². The van der Waals surface area contributed by atoms with Gasteiger partial charge in [0.15, 0.2) is 0 Å². The first-order valence-corrected chi connectivity index (χ1v) is 8.52. The maximum Gasteiger partial charge on any atom is 0.333 e. The molecule has 1 aromatic carbocycles. The van der Waals surface area contributed by atoms with Gasteiger partial charge in [-0.3, -0.25) is 9.59 Å². The third-order valence-electron chi connectivity index (χ3n) is 4.37. The van der Waals surface area contributed by atoms with E-state index in [9.17, 15) is 14.4 Å². The van der Waals surface area contributed by atoms with Gasteiger partial charge in [-0.1, -0.05) is 43.8 Å². The van der Waals surface area contributed by atoms with Gasteiger partial charge in [0.05, 0.1) is 12.8 Å². The van der Waals surface area contributed by atoms with Crippen LogP contribution in [0.5, 0.6) is 0 Å². The average molecular weight is 344 g/mol. The van der Waals surface area contributed by atoms with E-state index in [4.69, 9.17) is 9.47 Å². The molecule has 1 aromatic rings. The van der Waals surface area contributed by atoms with Crippen LogP contribution in [0.3, 0.4) is 0 Å². The first kappa shape index (κ1) is 18.9. The maximum atomic E-state index is 12.5. The molecule has 1 fully saturated rings. The van der Waals surface area contributed by atoms with E-state index in [1.54, 1.807) is 6.92 Å². The van der Waals surface area contributed by atoms with Crippen LogP contribution in [0.4, 0.5) is 0 Å². The standard InChI is InChI=1S/C20H24O5/c1-4-17(24-19(23)14(2)3)12-18(22)25-20(11-10-16(21)13-20)15-8-6-5-7-9-15/h5-9,17H,2,4,10-13H2,1,3H3. The Hall–Kier alpha value is -2.43. The van der Waals surface area contributed by atoms with E-state index in [-0.39, 0.29) is 24.2 Å². The van der Waals surface area contributed by atoms with Crippen LogP contribution < -0.4 is 0 Å². The zero-order valence-corrected chi connectivity index (χ0v) is 14.7. The fourth-order valence-electron chi connectivity index (χ4n) is 2.94. The fourth-order valence-corrected chi connectivity index (χ4v) is 2.94. The highest BCUT2D eigenvalue weighted by Gasteiger charge is 2.43. The van der Waals surface area contributed by atoms with Gasteiger partial charge in [0, 0.05) is 12.0 Å². The van der Waals surface area contributed by atoms with Gasteiger partial charge in [-0.25, -0.2) is 4.79 Å². The Labute approximate surface area is 148 Å². The highest BCUT2D eigenvalue weighted by atomic mass is 16.6. The van der Waals surface area contributed by atoms with Gasteiger partial charge in [-0.05, 0) is 25.3 Å². The molecule has 1 aliphatic rings. The smallest absolute Gasteiger partial charge is 0.333 e. The summed E-state index contributed by atoms with van der Waals surface area (Å²) in [5.41, 5.74) is 0.196. The van der Waals surface area contributed by atoms with E-state index in [0.717, 1.165) is 5.56 Å². The van der Waals surface area contributed by atoms with E-state index < -0.39 is 23.6 Å². The van der Waals surface area contributed by atoms with E-state index in [1.807, 2.05) is 37.3 Å². The molecule has 0 radical (unpaired) electrons. The van der Waals surface area contributed by atoms with Crippen molar-refractivity contribution in [3.05, 3.63) is 48.0 Å². The quantitative estimate of drug-likeness (QED) is 0.559. The SMILES string of the molecule is C=C(C)C(=O)OC(CC)CC(=O)OC1(c2ccccc2)CCC(=O)C1. The molecular formula is C20H24O5. The molecule has 0 heterocycles.